The molecule has 0 amide bonds. The zero-order chi connectivity index (χ0) is 15.4. The molecule has 0 aliphatic rings. The van der Waals surface area contributed by atoms with Crippen LogP contribution in [0.25, 0.3) is 0 Å². The first-order valence-corrected chi connectivity index (χ1v) is 6.42. The average molecular weight is 278 g/mol. The maximum atomic E-state index is 11.9. The van der Waals surface area contributed by atoms with Gasteiger partial charge >= 0.3 is 11.9 Å². The summed E-state index contributed by atoms with van der Waals surface area (Å²) < 4.78 is 9.79. The molecule has 0 aliphatic heterocycles. The minimum absolute atomic E-state index is 0.0869. The quantitative estimate of drug-likeness (QED) is 0.497. The maximum Gasteiger partial charge on any atom is 0.334 e. The number of hydrogen-bond donors (Lipinski definition) is 0. The molecule has 0 heterocycles. The normalized spacial score (nSPS) is 10.8. The third kappa shape index (κ3) is 6.01. The standard InChI is InChI=1S/C14H18N2O4/c1-3-19-13(17)11(7-5-9-15)12(8-6-10-16)14(18)20-4-2/h3-8H2,1-2H3/b12-11-. The molecule has 0 spiro atoms. The number of esters is 2. The Labute approximate surface area is 118 Å². The van der Waals surface area contributed by atoms with Gasteiger partial charge in [0, 0.05) is 24.0 Å². The summed E-state index contributed by atoms with van der Waals surface area (Å²) in [6, 6.07) is 3.84. The van der Waals surface area contributed by atoms with E-state index in [4.69, 9.17) is 20.0 Å². The number of nitrogens with zero attached hydrogens (tertiary/aromatic N) is 2. The average Bonchev–Trinajstić information content (AvgIpc) is 2.42. The highest BCUT2D eigenvalue weighted by Crippen LogP contribution is 2.19. The van der Waals surface area contributed by atoms with E-state index in [9.17, 15) is 9.59 Å². The van der Waals surface area contributed by atoms with E-state index in [-0.39, 0.29) is 50.0 Å². The number of nitriles is 2. The third-order valence-corrected chi connectivity index (χ3v) is 2.38. The molecule has 0 aromatic rings. The third-order valence-electron chi connectivity index (χ3n) is 2.38. The highest BCUT2D eigenvalue weighted by atomic mass is 16.5. The summed E-state index contributed by atoms with van der Waals surface area (Å²) in [4.78, 5) is 23.8. The van der Waals surface area contributed by atoms with Crippen molar-refractivity contribution in [2.75, 3.05) is 13.2 Å². The van der Waals surface area contributed by atoms with Gasteiger partial charge in [0.05, 0.1) is 25.4 Å². The van der Waals surface area contributed by atoms with Crippen LogP contribution in [0.1, 0.15) is 39.5 Å². The largest absolute Gasteiger partial charge is 0.463 e. The minimum atomic E-state index is -0.635. The lowest BCUT2D eigenvalue weighted by atomic mass is 9.99. The fraction of sp³-hybridized carbons (Fsp3) is 0.571. The minimum Gasteiger partial charge on any atom is -0.463 e. The molecule has 0 rings (SSSR count). The first-order valence-electron chi connectivity index (χ1n) is 6.42. The van der Waals surface area contributed by atoms with Gasteiger partial charge in [-0.1, -0.05) is 0 Å². The zero-order valence-electron chi connectivity index (χ0n) is 11.8. The van der Waals surface area contributed by atoms with Gasteiger partial charge in [-0.05, 0) is 26.7 Å². The highest BCUT2D eigenvalue weighted by Gasteiger charge is 2.22. The molecule has 0 N–H and O–H groups in total. The van der Waals surface area contributed by atoms with Crippen LogP contribution in [0.3, 0.4) is 0 Å². The number of rotatable bonds is 8. The summed E-state index contributed by atoms with van der Waals surface area (Å²) >= 11 is 0. The van der Waals surface area contributed by atoms with Crippen molar-refractivity contribution in [2.45, 2.75) is 39.5 Å². The SMILES string of the molecule is CCOC(=O)/C(CCC#N)=C(/CCC#N)C(=O)OCC. The van der Waals surface area contributed by atoms with E-state index in [2.05, 4.69) is 0 Å². The lowest BCUT2D eigenvalue weighted by molar-refractivity contribution is -0.142. The molecule has 0 saturated heterocycles. The van der Waals surface area contributed by atoms with Crippen molar-refractivity contribution in [1.82, 2.24) is 0 Å². The van der Waals surface area contributed by atoms with Crippen LogP contribution in [0.5, 0.6) is 0 Å². The van der Waals surface area contributed by atoms with E-state index >= 15 is 0 Å². The molecule has 0 aliphatic carbocycles. The Hall–Kier alpha value is -2.34. The molecule has 0 unspecified atom stereocenters. The van der Waals surface area contributed by atoms with Crippen molar-refractivity contribution in [3.63, 3.8) is 0 Å². The predicted octanol–water partition coefficient (Wildman–Crippen LogP) is 2.02. The van der Waals surface area contributed by atoms with Crippen LogP contribution in [0, 0.1) is 22.7 Å². The van der Waals surface area contributed by atoms with Crippen LogP contribution < -0.4 is 0 Å². The van der Waals surface area contributed by atoms with Gasteiger partial charge < -0.3 is 9.47 Å². The molecule has 6 nitrogen and oxygen atoms in total. The van der Waals surface area contributed by atoms with Crippen molar-refractivity contribution >= 4 is 11.9 Å². The number of carbonyl (C=O) groups excluding carboxylic acids is 2. The van der Waals surface area contributed by atoms with Gasteiger partial charge in [0.15, 0.2) is 0 Å². The van der Waals surface area contributed by atoms with Crippen LogP contribution in [0.2, 0.25) is 0 Å². The van der Waals surface area contributed by atoms with E-state index < -0.39 is 11.9 Å². The predicted molar refractivity (Wildman–Crippen MR) is 70.0 cm³/mol. The Balaban J connectivity index is 5.45. The first kappa shape index (κ1) is 17.7. The van der Waals surface area contributed by atoms with E-state index in [0.717, 1.165) is 0 Å². The maximum absolute atomic E-state index is 11.9. The van der Waals surface area contributed by atoms with E-state index in [1.54, 1.807) is 13.8 Å². The fourth-order valence-electron chi connectivity index (χ4n) is 1.55. The second-order valence-corrected chi connectivity index (χ2v) is 3.71. The van der Waals surface area contributed by atoms with Crippen LogP contribution in [0.4, 0.5) is 0 Å². The molecule has 108 valence electrons. The Bertz CT molecular complexity index is 413. The van der Waals surface area contributed by atoms with Gasteiger partial charge in [-0.15, -0.1) is 0 Å². The second-order valence-electron chi connectivity index (χ2n) is 3.71. The Kier molecular flexibility index (Phi) is 9.33. The molecular weight excluding hydrogens is 260 g/mol. The van der Waals surface area contributed by atoms with Gasteiger partial charge in [-0.25, -0.2) is 9.59 Å². The Morgan fingerprint density at radius 1 is 0.850 bits per heavy atom. The lowest BCUT2D eigenvalue weighted by Gasteiger charge is -2.12. The molecule has 0 aromatic carbocycles. The van der Waals surface area contributed by atoms with E-state index in [0.29, 0.717) is 0 Å². The second kappa shape index (κ2) is 10.6. The van der Waals surface area contributed by atoms with Crippen LogP contribution >= 0.6 is 0 Å². The van der Waals surface area contributed by atoms with Crippen molar-refractivity contribution in [2.24, 2.45) is 0 Å². The molecule has 0 bridgehead atoms. The summed E-state index contributed by atoms with van der Waals surface area (Å²) in [5.74, 6) is -1.27. The lowest BCUT2D eigenvalue weighted by Crippen LogP contribution is -2.17. The van der Waals surface area contributed by atoms with Gasteiger partial charge in [-0.3, -0.25) is 0 Å². The molecule has 0 saturated carbocycles. The molecule has 0 fully saturated rings. The van der Waals surface area contributed by atoms with Gasteiger partial charge in [0.25, 0.3) is 0 Å². The van der Waals surface area contributed by atoms with E-state index in [1.165, 1.54) is 0 Å². The van der Waals surface area contributed by atoms with Crippen molar-refractivity contribution in [3.8, 4) is 12.1 Å². The Morgan fingerprint density at radius 2 is 1.20 bits per heavy atom. The number of carbonyl (C=O) groups is 2. The molecule has 0 aromatic heterocycles. The molecule has 20 heavy (non-hydrogen) atoms. The smallest absolute Gasteiger partial charge is 0.334 e. The number of hydrogen-bond acceptors (Lipinski definition) is 6. The first-order chi connectivity index (χ1) is 9.62. The topological polar surface area (TPSA) is 100 Å². The summed E-state index contributed by atoms with van der Waals surface area (Å²) in [6.07, 6.45) is 0.386. The van der Waals surface area contributed by atoms with E-state index in [1.807, 2.05) is 12.1 Å². The van der Waals surface area contributed by atoms with Gasteiger partial charge in [0.2, 0.25) is 0 Å². The number of ether oxygens (including phenoxy) is 2. The van der Waals surface area contributed by atoms with Crippen molar-refractivity contribution in [3.05, 3.63) is 11.1 Å². The van der Waals surface area contributed by atoms with Gasteiger partial charge in [0.1, 0.15) is 0 Å². The molecular formula is C14H18N2O4. The highest BCUT2D eigenvalue weighted by molar-refractivity contribution is 6.00. The van der Waals surface area contributed by atoms with Crippen LogP contribution in [0.15, 0.2) is 11.1 Å². The summed E-state index contributed by atoms with van der Waals surface area (Å²) in [5.41, 5.74) is 0.254. The molecule has 6 heteroatoms. The van der Waals surface area contributed by atoms with Crippen molar-refractivity contribution in [1.29, 1.82) is 10.5 Å². The van der Waals surface area contributed by atoms with Crippen LogP contribution in [-0.2, 0) is 19.1 Å². The van der Waals surface area contributed by atoms with Gasteiger partial charge in [-0.2, -0.15) is 10.5 Å². The monoisotopic (exact) mass is 278 g/mol. The zero-order valence-corrected chi connectivity index (χ0v) is 11.8. The van der Waals surface area contributed by atoms with Crippen molar-refractivity contribution < 1.29 is 19.1 Å². The Morgan fingerprint density at radius 3 is 1.45 bits per heavy atom. The molecule has 0 atom stereocenters. The van der Waals surface area contributed by atoms with Crippen LogP contribution in [-0.4, -0.2) is 25.2 Å². The summed E-state index contributed by atoms with van der Waals surface area (Å²) in [7, 11) is 0. The fourth-order valence-corrected chi connectivity index (χ4v) is 1.55. The summed E-state index contributed by atoms with van der Waals surface area (Å²) in [6.45, 7) is 3.64. The summed E-state index contributed by atoms with van der Waals surface area (Å²) in [5, 5.41) is 17.3. The molecule has 0 radical (unpaired) electrons.